The number of anilines is 1. The molecule has 0 aliphatic carbocycles. The molecule has 3 rings (SSSR count). The predicted octanol–water partition coefficient (Wildman–Crippen LogP) is 3.94. The average Bonchev–Trinajstić information content (AvgIpc) is 3.10. The van der Waals surface area contributed by atoms with E-state index < -0.39 is 4.92 Å². The van der Waals surface area contributed by atoms with Crippen LogP contribution < -0.4 is 9.64 Å². The van der Waals surface area contributed by atoms with Gasteiger partial charge in [0.05, 0.1) is 12.0 Å². The smallest absolute Gasteiger partial charge is 0.324 e. The van der Waals surface area contributed by atoms with E-state index in [9.17, 15) is 14.9 Å². The van der Waals surface area contributed by atoms with Gasteiger partial charge < -0.3 is 9.64 Å². The minimum absolute atomic E-state index is 0.0531. The number of thioether (sulfide) groups is 1. The number of non-ortho nitro benzene ring substituents is 1. The van der Waals surface area contributed by atoms with E-state index >= 15 is 0 Å². The second-order valence-corrected chi connectivity index (χ2v) is 7.15. The Morgan fingerprint density at radius 2 is 2.11 bits per heavy atom. The summed E-state index contributed by atoms with van der Waals surface area (Å²) < 4.78 is 5.41. The standard InChI is InChI=1S/C19H21N3O4S/c1-20(12-13-4-7-18(27-3)17(10-13)26-2)19(23)21-9-8-14-11-15(22(24)25)5-6-16(14)21/h4-7,10-11H,8-9,12H2,1-3H3. The summed E-state index contributed by atoms with van der Waals surface area (Å²) in [7, 11) is 3.38. The molecule has 27 heavy (non-hydrogen) atoms. The van der Waals surface area contributed by atoms with E-state index in [1.165, 1.54) is 6.07 Å². The summed E-state index contributed by atoms with van der Waals surface area (Å²) in [6, 6.07) is 10.4. The largest absolute Gasteiger partial charge is 0.496 e. The van der Waals surface area contributed by atoms with Crippen molar-refractivity contribution >= 4 is 29.2 Å². The Kier molecular flexibility index (Phi) is 5.55. The normalized spacial score (nSPS) is 12.6. The lowest BCUT2D eigenvalue weighted by Crippen LogP contribution is -2.39. The monoisotopic (exact) mass is 387 g/mol. The van der Waals surface area contributed by atoms with Crippen molar-refractivity contribution in [2.24, 2.45) is 0 Å². The molecule has 0 N–H and O–H groups in total. The summed E-state index contributed by atoms with van der Waals surface area (Å²) in [4.78, 5) is 27.8. The molecule has 0 fully saturated rings. The number of hydrogen-bond donors (Lipinski definition) is 0. The molecular formula is C19H21N3O4S. The Morgan fingerprint density at radius 3 is 2.78 bits per heavy atom. The number of methoxy groups -OCH3 is 1. The molecule has 0 unspecified atom stereocenters. The lowest BCUT2D eigenvalue weighted by molar-refractivity contribution is -0.384. The highest BCUT2D eigenvalue weighted by molar-refractivity contribution is 7.98. The molecule has 0 spiro atoms. The molecule has 7 nitrogen and oxygen atoms in total. The van der Waals surface area contributed by atoms with Crippen LogP contribution in [0, 0.1) is 10.1 Å². The number of fused-ring (bicyclic) bond motifs is 1. The summed E-state index contributed by atoms with van der Waals surface area (Å²) >= 11 is 1.61. The Morgan fingerprint density at radius 1 is 1.33 bits per heavy atom. The number of carbonyl (C=O) groups is 1. The molecule has 0 aromatic heterocycles. The zero-order valence-corrected chi connectivity index (χ0v) is 16.3. The third kappa shape index (κ3) is 3.85. The van der Waals surface area contributed by atoms with Crippen LogP contribution in [0.5, 0.6) is 5.75 Å². The summed E-state index contributed by atoms with van der Waals surface area (Å²) in [5.41, 5.74) is 2.60. The first kappa shape index (κ1) is 19.0. The molecule has 0 saturated carbocycles. The number of carbonyl (C=O) groups excluding carboxylic acids is 1. The van der Waals surface area contributed by atoms with Crippen molar-refractivity contribution in [3.63, 3.8) is 0 Å². The Labute approximate surface area is 162 Å². The van der Waals surface area contributed by atoms with Crippen molar-refractivity contribution in [3.05, 3.63) is 57.6 Å². The topological polar surface area (TPSA) is 75.9 Å². The first-order valence-corrected chi connectivity index (χ1v) is 9.68. The number of amides is 2. The minimum Gasteiger partial charge on any atom is -0.496 e. The van der Waals surface area contributed by atoms with Gasteiger partial charge in [0.1, 0.15) is 5.75 Å². The zero-order valence-electron chi connectivity index (χ0n) is 15.5. The Bertz CT molecular complexity index is 887. The number of hydrogen-bond acceptors (Lipinski definition) is 5. The molecule has 142 valence electrons. The third-order valence-electron chi connectivity index (χ3n) is 4.59. The molecule has 1 aliphatic rings. The number of nitrogens with zero attached hydrogens (tertiary/aromatic N) is 3. The Hall–Kier alpha value is -2.74. The fourth-order valence-electron chi connectivity index (χ4n) is 3.23. The van der Waals surface area contributed by atoms with Gasteiger partial charge in [0.15, 0.2) is 0 Å². The second kappa shape index (κ2) is 7.87. The van der Waals surface area contributed by atoms with E-state index in [1.807, 2.05) is 24.5 Å². The van der Waals surface area contributed by atoms with Gasteiger partial charge in [0.25, 0.3) is 5.69 Å². The van der Waals surface area contributed by atoms with Gasteiger partial charge in [0, 0.05) is 42.9 Å². The van der Waals surface area contributed by atoms with Crippen molar-refractivity contribution < 1.29 is 14.5 Å². The van der Waals surface area contributed by atoms with Crippen molar-refractivity contribution in [2.45, 2.75) is 17.9 Å². The van der Waals surface area contributed by atoms with E-state index in [0.717, 1.165) is 27.5 Å². The molecule has 1 heterocycles. The first-order chi connectivity index (χ1) is 12.9. The van der Waals surface area contributed by atoms with Gasteiger partial charge in [-0.3, -0.25) is 15.0 Å². The highest BCUT2D eigenvalue weighted by Crippen LogP contribution is 2.32. The van der Waals surface area contributed by atoms with Crippen LogP contribution in [0.15, 0.2) is 41.3 Å². The molecule has 8 heteroatoms. The van der Waals surface area contributed by atoms with Gasteiger partial charge in [-0.25, -0.2) is 4.79 Å². The van der Waals surface area contributed by atoms with E-state index in [1.54, 1.807) is 47.9 Å². The maximum absolute atomic E-state index is 12.9. The second-order valence-electron chi connectivity index (χ2n) is 6.30. The van der Waals surface area contributed by atoms with Crippen LogP contribution in [0.4, 0.5) is 16.2 Å². The molecular weight excluding hydrogens is 366 g/mol. The predicted molar refractivity (Wildman–Crippen MR) is 106 cm³/mol. The van der Waals surface area contributed by atoms with Gasteiger partial charge >= 0.3 is 6.03 Å². The van der Waals surface area contributed by atoms with Crippen LogP contribution in [-0.4, -0.2) is 42.8 Å². The molecule has 0 saturated heterocycles. The summed E-state index contributed by atoms with van der Waals surface area (Å²) in [6.07, 6.45) is 2.61. The van der Waals surface area contributed by atoms with Crippen molar-refractivity contribution in [3.8, 4) is 5.75 Å². The third-order valence-corrected chi connectivity index (χ3v) is 5.37. The summed E-state index contributed by atoms with van der Waals surface area (Å²) in [5.74, 6) is 0.791. The van der Waals surface area contributed by atoms with Crippen molar-refractivity contribution in [1.29, 1.82) is 0 Å². The van der Waals surface area contributed by atoms with Crippen LogP contribution in [-0.2, 0) is 13.0 Å². The van der Waals surface area contributed by atoms with E-state index in [4.69, 9.17) is 4.74 Å². The molecule has 1 aliphatic heterocycles. The first-order valence-electron chi connectivity index (χ1n) is 8.45. The van der Waals surface area contributed by atoms with Crippen LogP contribution in [0.3, 0.4) is 0 Å². The fourth-order valence-corrected chi connectivity index (χ4v) is 3.77. The molecule has 2 amide bonds. The number of nitro benzene ring substituents is 1. The van der Waals surface area contributed by atoms with Crippen LogP contribution in [0.25, 0.3) is 0 Å². The maximum Gasteiger partial charge on any atom is 0.324 e. The minimum atomic E-state index is -0.414. The lowest BCUT2D eigenvalue weighted by Gasteiger charge is -2.25. The van der Waals surface area contributed by atoms with E-state index in [2.05, 4.69) is 0 Å². The van der Waals surface area contributed by atoms with E-state index in [-0.39, 0.29) is 11.7 Å². The fraction of sp³-hybridized carbons (Fsp3) is 0.316. The van der Waals surface area contributed by atoms with Crippen molar-refractivity contribution in [2.75, 3.05) is 31.9 Å². The van der Waals surface area contributed by atoms with Crippen LogP contribution >= 0.6 is 11.8 Å². The summed E-state index contributed by atoms with van der Waals surface area (Å²) in [6.45, 7) is 0.969. The van der Waals surface area contributed by atoms with E-state index in [0.29, 0.717) is 19.5 Å². The average molecular weight is 387 g/mol. The van der Waals surface area contributed by atoms with Gasteiger partial charge in [-0.05, 0) is 42.0 Å². The molecule has 2 aromatic carbocycles. The number of benzene rings is 2. The summed E-state index contributed by atoms with van der Waals surface area (Å²) in [5, 5.41) is 10.9. The van der Waals surface area contributed by atoms with Crippen LogP contribution in [0.1, 0.15) is 11.1 Å². The SMILES string of the molecule is COc1cc(CN(C)C(=O)N2CCc3cc([N+](=O)[O-])ccc32)ccc1SC. The zero-order chi connectivity index (χ0) is 19.6. The highest BCUT2D eigenvalue weighted by atomic mass is 32.2. The Balaban J connectivity index is 1.75. The molecule has 2 aromatic rings. The lowest BCUT2D eigenvalue weighted by atomic mass is 10.1. The number of nitro groups is 1. The molecule has 0 bridgehead atoms. The van der Waals surface area contributed by atoms with Gasteiger partial charge in [-0.15, -0.1) is 11.8 Å². The van der Waals surface area contributed by atoms with Gasteiger partial charge in [-0.2, -0.15) is 0 Å². The van der Waals surface area contributed by atoms with Crippen molar-refractivity contribution in [1.82, 2.24) is 4.90 Å². The van der Waals surface area contributed by atoms with Gasteiger partial charge in [0.2, 0.25) is 0 Å². The van der Waals surface area contributed by atoms with Crippen LogP contribution in [0.2, 0.25) is 0 Å². The number of urea groups is 1. The molecule has 0 radical (unpaired) electrons. The van der Waals surface area contributed by atoms with Gasteiger partial charge in [-0.1, -0.05) is 6.07 Å². The quantitative estimate of drug-likeness (QED) is 0.441. The highest BCUT2D eigenvalue weighted by Gasteiger charge is 2.28. The molecule has 0 atom stereocenters. The number of ether oxygens (including phenoxy) is 1. The number of rotatable bonds is 5. The maximum atomic E-state index is 12.9.